The molecule has 0 N–H and O–H groups in total. The van der Waals surface area contributed by atoms with Gasteiger partial charge in [0.15, 0.2) is 18.1 Å². The fourth-order valence-corrected chi connectivity index (χ4v) is 2.21. The van der Waals surface area contributed by atoms with Crippen molar-refractivity contribution in [3.63, 3.8) is 0 Å². The monoisotopic (exact) mass is 277 g/mol. The molecule has 1 atom stereocenters. The molecule has 110 valence electrons. The smallest absolute Gasteiger partial charge is 0.260 e. The van der Waals surface area contributed by atoms with Crippen LogP contribution in [0.4, 0.5) is 0 Å². The summed E-state index contributed by atoms with van der Waals surface area (Å²) in [5.41, 5.74) is 0. The van der Waals surface area contributed by atoms with Crippen LogP contribution in [0.15, 0.2) is 24.3 Å². The molecule has 1 unspecified atom stereocenters. The number of carbonyl (C=O) groups is 1. The number of likely N-dealkylation sites (N-methyl/N-ethyl adjacent to an activating group) is 1. The number of amides is 1. The third kappa shape index (κ3) is 3.65. The Morgan fingerprint density at radius 2 is 1.90 bits per heavy atom. The van der Waals surface area contributed by atoms with Gasteiger partial charge in [0, 0.05) is 13.1 Å². The minimum Gasteiger partial charge on any atom is -0.490 e. The molecule has 1 amide bonds. The third-order valence-electron chi connectivity index (χ3n) is 3.81. The maximum absolute atomic E-state index is 12.1. The van der Waals surface area contributed by atoms with E-state index in [1.54, 1.807) is 4.90 Å². The lowest BCUT2D eigenvalue weighted by Crippen LogP contribution is -2.39. The largest absolute Gasteiger partial charge is 0.490 e. The van der Waals surface area contributed by atoms with Crippen LogP contribution in [0, 0.1) is 5.92 Å². The van der Waals surface area contributed by atoms with Crippen molar-refractivity contribution in [1.29, 1.82) is 0 Å². The van der Waals surface area contributed by atoms with Crippen LogP contribution in [0.25, 0.3) is 0 Å². The number of para-hydroxylation sites is 2. The van der Waals surface area contributed by atoms with Crippen molar-refractivity contribution in [3.8, 4) is 11.5 Å². The summed E-state index contributed by atoms with van der Waals surface area (Å²) in [6.07, 6.45) is 2.46. The zero-order chi connectivity index (χ0) is 14.5. The van der Waals surface area contributed by atoms with E-state index in [1.807, 2.05) is 38.2 Å². The van der Waals surface area contributed by atoms with Gasteiger partial charge in [-0.05, 0) is 44.7 Å². The lowest BCUT2D eigenvalue weighted by Gasteiger charge is -2.25. The van der Waals surface area contributed by atoms with Gasteiger partial charge in [-0.2, -0.15) is 0 Å². The molecule has 0 spiro atoms. The summed E-state index contributed by atoms with van der Waals surface area (Å²) in [6, 6.07) is 7.73. The van der Waals surface area contributed by atoms with Crippen LogP contribution < -0.4 is 9.47 Å². The van der Waals surface area contributed by atoms with Gasteiger partial charge in [0.25, 0.3) is 5.91 Å². The van der Waals surface area contributed by atoms with Crippen molar-refractivity contribution in [2.24, 2.45) is 5.92 Å². The van der Waals surface area contributed by atoms with Gasteiger partial charge in [-0.25, -0.2) is 0 Å². The average Bonchev–Trinajstić information content (AvgIpc) is 3.29. The molecule has 1 aliphatic carbocycles. The second kappa shape index (κ2) is 6.64. The van der Waals surface area contributed by atoms with E-state index in [0.717, 1.165) is 0 Å². The maximum atomic E-state index is 12.1. The average molecular weight is 277 g/mol. The van der Waals surface area contributed by atoms with E-state index in [0.29, 0.717) is 30.1 Å². The number of hydrogen-bond acceptors (Lipinski definition) is 3. The molecule has 1 aliphatic rings. The molecule has 0 bridgehead atoms. The Kier molecular flexibility index (Phi) is 4.88. The summed E-state index contributed by atoms with van der Waals surface area (Å²) in [6.45, 7) is 4.65. The van der Waals surface area contributed by atoms with Gasteiger partial charge in [0.1, 0.15) is 0 Å². The summed E-state index contributed by atoms with van der Waals surface area (Å²) < 4.78 is 11.1. The van der Waals surface area contributed by atoms with Crippen LogP contribution in [0.1, 0.15) is 26.7 Å². The summed E-state index contributed by atoms with van der Waals surface area (Å²) in [5, 5.41) is 0. The molecule has 0 saturated heterocycles. The van der Waals surface area contributed by atoms with Crippen molar-refractivity contribution in [3.05, 3.63) is 24.3 Å². The Hall–Kier alpha value is -1.71. The van der Waals surface area contributed by atoms with E-state index in [9.17, 15) is 4.79 Å². The van der Waals surface area contributed by atoms with Gasteiger partial charge >= 0.3 is 0 Å². The van der Waals surface area contributed by atoms with Crippen molar-refractivity contribution in [2.75, 3.05) is 20.3 Å². The van der Waals surface area contributed by atoms with Crippen LogP contribution in [0.2, 0.25) is 0 Å². The molecule has 20 heavy (non-hydrogen) atoms. The topological polar surface area (TPSA) is 38.8 Å². The van der Waals surface area contributed by atoms with E-state index in [4.69, 9.17) is 9.47 Å². The SMILES string of the molecule is CCOc1ccccc1OCC(=O)N(C)C(C)C1CC1. The third-order valence-corrected chi connectivity index (χ3v) is 3.81. The fraction of sp³-hybridized carbons (Fsp3) is 0.562. The van der Waals surface area contributed by atoms with Crippen LogP contribution in [-0.4, -0.2) is 37.1 Å². The molecule has 1 aromatic carbocycles. The van der Waals surface area contributed by atoms with Gasteiger partial charge in [-0.15, -0.1) is 0 Å². The van der Waals surface area contributed by atoms with Crippen LogP contribution in [0.5, 0.6) is 11.5 Å². The van der Waals surface area contributed by atoms with Crippen molar-refractivity contribution in [2.45, 2.75) is 32.7 Å². The highest BCUT2D eigenvalue weighted by atomic mass is 16.5. The second-order valence-corrected chi connectivity index (χ2v) is 5.25. The highest BCUT2D eigenvalue weighted by Gasteiger charge is 2.32. The molecule has 0 aromatic heterocycles. The van der Waals surface area contributed by atoms with Gasteiger partial charge < -0.3 is 14.4 Å². The van der Waals surface area contributed by atoms with Crippen molar-refractivity contribution in [1.82, 2.24) is 4.90 Å². The summed E-state index contributed by atoms with van der Waals surface area (Å²) in [4.78, 5) is 13.9. The minimum atomic E-state index is 0.00991. The van der Waals surface area contributed by atoms with Crippen molar-refractivity contribution >= 4 is 5.91 Å². The molecule has 0 heterocycles. The van der Waals surface area contributed by atoms with E-state index < -0.39 is 0 Å². The molecule has 2 rings (SSSR count). The van der Waals surface area contributed by atoms with E-state index in [-0.39, 0.29) is 12.5 Å². The van der Waals surface area contributed by atoms with Gasteiger partial charge in [-0.3, -0.25) is 4.79 Å². The molecule has 0 aliphatic heterocycles. The molecular formula is C16H23NO3. The standard InChI is InChI=1S/C16H23NO3/c1-4-19-14-7-5-6-8-15(14)20-11-16(18)17(3)12(2)13-9-10-13/h5-8,12-13H,4,9-11H2,1-3H3. The Labute approximate surface area is 120 Å². The summed E-state index contributed by atoms with van der Waals surface area (Å²) in [7, 11) is 1.85. The zero-order valence-electron chi connectivity index (χ0n) is 12.5. The first kappa shape index (κ1) is 14.7. The quantitative estimate of drug-likeness (QED) is 0.769. The molecule has 1 saturated carbocycles. The number of carbonyl (C=O) groups excluding carboxylic acids is 1. The number of hydrogen-bond donors (Lipinski definition) is 0. The highest BCUT2D eigenvalue weighted by molar-refractivity contribution is 5.78. The predicted molar refractivity (Wildman–Crippen MR) is 78.1 cm³/mol. The highest BCUT2D eigenvalue weighted by Crippen LogP contribution is 2.34. The Morgan fingerprint density at radius 1 is 1.30 bits per heavy atom. The first-order valence-corrected chi connectivity index (χ1v) is 7.23. The number of ether oxygens (including phenoxy) is 2. The fourth-order valence-electron chi connectivity index (χ4n) is 2.21. The molecular weight excluding hydrogens is 254 g/mol. The number of nitrogens with zero attached hydrogens (tertiary/aromatic N) is 1. The zero-order valence-corrected chi connectivity index (χ0v) is 12.5. The lowest BCUT2D eigenvalue weighted by atomic mass is 10.2. The van der Waals surface area contributed by atoms with E-state index in [1.165, 1.54) is 12.8 Å². The first-order chi connectivity index (χ1) is 9.63. The second-order valence-electron chi connectivity index (χ2n) is 5.25. The summed E-state index contributed by atoms with van der Waals surface area (Å²) in [5.74, 6) is 1.98. The Bertz CT molecular complexity index is 457. The molecule has 4 nitrogen and oxygen atoms in total. The Balaban J connectivity index is 1.89. The molecule has 4 heteroatoms. The van der Waals surface area contributed by atoms with E-state index >= 15 is 0 Å². The number of benzene rings is 1. The van der Waals surface area contributed by atoms with Crippen molar-refractivity contribution < 1.29 is 14.3 Å². The molecule has 0 radical (unpaired) electrons. The minimum absolute atomic E-state index is 0.00991. The molecule has 1 aromatic rings. The van der Waals surface area contributed by atoms with Gasteiger partial charge in [0.2, 0.25) is 0 Å². The van der Waals surface area contributed by atoms with E-state index in [2.05, 4.69) is 6.92 Å². The number of rotatable bonds is 7. The van der Waals surface area contributed by atoms with Crippen LogP contribution in [-0.2, 0) is 4.79 Å². The first-order valence-electron chi connectivity index (χ1n) is 7.23. The summed E-state index contributed by atoms with van der Waals surface area (Å²) >= 11 is 0. The Morgan fingerprint density at radius 3 is 2.45 bits per heavy atom. The predicted octanol–water partition coefficient (Wildman–Crippen LogP) is 2.72. The van der Waals surface area contributed by atoms with Gasteiger partial charge in [0.05, 0.1) is 6.61 Å². The molecule has 1 fully saturated rings. The van der Waals surface area contributed by atoms with Gasteiger partial charge in [-0.1, -0.05) is 12.1 Å². The maximum Gasteiger partial charge on any atom is 0.260 e. The lowest BCUT2D eigenvalue weighted by molar-refractivity contribution is -0.134. The van der Waals surface area contributed by atoms with Crippen LogP contribution >= 0.6 is 0 Å². The normalized spacial score (nSPS) is 15.6. The van der Waals surface area contributed by atoms with Crippen LogP contribution in [0.3, 0.4) is 0 Å².